The van der Waals surface area contributed by atoms with E-state index in [2.05, 4.69) is 30.2 Å². The van der Waals surface area contributed by atoms with Crippen molar-refractivity contribution in [3.8, 4) is 11.1 Å². The molecule has 5 rings (SSSR count). The quantitative estimate of drug-likeness (QED) is 0.434. The fourth-order valence-corrected chi connectivity index (χ4v) is 4.33. The van der Waals surface area contributed by atoms with Gasteiger partial charge in [0.2, 0.25) is 0 Å². The molecule has 1 aliphatic heterocycles. The molecular weight excluding hydrogens is 463 g/mol. The zero-order valence-electron chi connectivity index (χ0n) is 20.7. The van der Waals surface area contributed by atoms with E-state index < -0.39 is 11.7 Å². The van der Waals surface area contributed by atoms with Crippen molar-refractivity contribution in [1.82, 2.24) is 30.2 Å². The van der Waals surface area contributed by atoms with Gasteiger partial charge >= 0.3 is 11.8 Å². The summed E-state index contributed by atoms with van der Waals surface area (Å²) in [7, 11) is 1.57. The molecule has 1 aromatic carbocycles. The Morgan fingerprint density at radius 2 is 2.14 bits per heavy atom. The highest BCUT2D eigenvalue weighted by Crippen LogP contribution is 2.35. The van der Waals surface area contributed by atoms with Gasteiger partial charge in [0.15, 0.2) is 17.3 Å². The fraction of sp³-hybridized carbons (Fsp3) is 0.400. The number of nitrogens with two attached hydrogens (primary N) is 1. The Balaban J connectivity index is 1.39. The lowest BCUT2D eigenvalue weighted by atomic mass is 9.96. The van der Waals surface area contributed by atoms with Crippen LogP contribution >= 0.6 is 0 Å². The number of carbonyl (C=O) groups is 1. The summed E-state index contributed by atoms with van der Waals surface area (Å²) in [5.41, 5.74) is 8.25. The summed E-state index contributed by atoms with van der Waals surface area (Å²) in [6, 6.07) is 6.94. The van der Waals surface area contributed by atoms with E-state index >= 15 is 4.39 Å². The highest BCUT2D eigenvalue weighted by molar-refractivity contribution is 6.00. The lowest BCUT2D eigenvalue weighted by Gasteiger charge is -2.17. The molecule has 10 nitrogen and oxygen atoms in total. The highest BCUT2D eigenvalue weighted by atomic mass is 19.1. The Kier molecular flexibility index (Phi) is 5.95. The lowest BCUT2D eigenvalue weighted by Crippen LogP contribution is -2.27. The van der Waals surface area contributed by atoms with E-state index in [1.54, 1.807) is 19.3 Å². The number of anilines is 1. The third kappa shape index (κ3) is 4.41. The molecule has 1 aliphatic rings. The Bertz CT molecular complexity index is 1420. The first-order valence-corrected chi connectivity index (χ1v) is 11.8. The third-order valence-corrected chi connectivity index (χ3v) is 6.36. The molecule has 0 aliphatic carbocycles. The molecule has 0 bridgehead atoms. The molecule has 0 radical (unpaired) electrons. The Morgan fingerprint density at radius 3 is 2.81 bits per heavy atom. The van der Waals surface area contributed by atoms with Crippen LogP contribution in [0.15, 0.2) is 35.0 Å². The van der Waals surface area contributed by atoms with Gasteiger partial charge in [-0.2, -0.15) is 10.1 Å². The highest BCUT2D eigenvalue weighted by Gasteiger charge is 2.27. The molecule has 11 heteroatoms. The predicted octanol–water partition coefficient (Wildman–Crippen LogP) is 3.25. The van der Waals surface area contributed by atoms with Gasteiger partial charge in [0, 0.05) is 49.9 Å². The summed E-state index contributed by atoms with van der Waals surface area (Å²) in [6.07, 6.45) is 2.56. The first kappa shape index (κ1) is 23.9. The monoisotopic (exact) mass is 492 g/mol. The van der Waals surface area contributed by atoms with Crippen LogP contribution in [0.3, 0.4) is 0 Å². The van der Waals surface area contributed by atoms with Crippen LogP contribution in [0.25, 0.3) is 22.2 Å². The van der Waals surface area contributed by atoms with Crippen molar-refractivity contribution in [2.45, 2.75) is 45.2 Å². The van der Waals surface area contributed by atoms with Gasteiger partial charge in [-0.1, -0.05) is 38.1 Å². The van der Waals surface area contributed by atoms with Crippen LogP contribution in [0.1, 0.15) is 49.3 Å². The standard InChI is InChI=1S/C25H29FN8O2/c1-25(2,3)24-29-22(36-32-24)23(35)33(4)12-15-6-5-14(11-18(15)26)17-7-9-28-20-19(17)21(31-30-20)34-10-8-16(27)13-34/h5-7,9,11,16H,8,10,12-13,27H2,1-4H3,(H,28,30,31)/t16-/m1/s1. The number of pyridine rings is 1. The minimum Gasteiger partial charge on any atom is -0.353 e. The van der Waals surface area contributed by atoms with Crippen LogP contribution < -0.4 is 10.6 Å². The minimum atomic E-state index is -0.468. The molecule has 1 saturated heterocycles. The average molecular weight is 493 g/mol. The molecule has 1 amide bonds. The second-order valence-corrected chi connectivity index (χ2v) is 10.3. The van der Waals surface area contributed by atoms with Gasteiger partial charge in [-0.3, -0.25) is 9.89 Å². The molecule has 0 saturated carbocycles. The number of aromatic amines is 1. The zero-order chi connectivity index (χ0) is 25.6. The Hall–Kier alpha value is -3.86. The number of amides is 1. The number of halogens is 1. The fourth-order valence-electron chi connectivity index (χ4n) is 4.33. The summed E-state index contributed by atoms with van der Waals surface area (Å²) in [5.74, 6) is 0.196. The Morgan fingerprint density at radius 1 is 1.33 bits per heavy atom. The van der Waals surface area contributed by atoms with E-state index in [-0.39, 0.29) is 23.9 Å². The predicted molar refractivity (Wildman–Crippen MR) is 133 cm³/mol. The van der Waals surface area contributed by atoms with E-state index in [9.17, 15) is 4.79 Å². The summed E-state index contributed by atoms with van der Waals surface area (Å²) >= 11 is 0. The number of aromatic nitrogens is 5. The first-order valence-electron chi connectivity index (χ1n) is 11.8. The largest absolute Gasteiger partial charge is 0.353 e. The zero-order valence-corrected chi connectivity index (χ0v) is 20.7. The average Bonchev–Trinajstić information content (AvgIpc) is 3.58. The van der Waals surface area contributed by atoms with E-state index in [0.29, 0.717) is 29.1 Å². The van der Waals surface area contributed by atoms with Crippen LogP contribution in [0, 0.1) is 5.82 Å². The smallest absolute Gasteiger partial charge is 0.316 e. The SMILES string of the molecule is CN(Cc1ccc(-c2ccnc3[nH]nc(N4CC[C@@H](N)C4)c23)cc1F)C(=O)c1nc(C(C)(C)C)no1. The van der Waals surface area contributed by atoms with Crippen LogP contribution in [0.5, 0.6) is 0 Å². The number of fused-ring (bicyclic) bond motifs is 1. The van der Waals surface area contributed by atoms with Gasteiger partial charge < -0.3 is 20.1 Å². The Labute approximate surface area is 207 Å². The van der Waals surface area contributed by atoms with Crippen molar-refractivity contribution in [2.75, 3.05) is 25.0 Å². The third-order valence-electron chi connectivity index (χ3n) is 6.36. The second kappa shape index (κ2) is 8.98. The summed E-state index contributed by atoms with van der Waals surface area (Å²) in [6.45, 7) is 7.34. The molecule has 1 fully saturated rings. The van der Waals surface area contributed by atoms with Crippen molar-refractivity contribution in [3.05, 3.63) is 53.6 Å². The van der Waals surface area contributed by atoms with Crippen molar-refractivity contribution >= 4 is 22.8 Å². The number of nitrogens with one attached hydrogen (secondary N) is 1. The van der Waals surface area contributed by atoms with Crippen molar-refractivity contribution in [2.24, 2.45) is 5.73 Å². The number of hydrogen-bond acceptors (Lipinski definition) is 8. The minimum absolute atomic E-state index is 0.0482. The molecular formula is C25H29FN8O2. The van der Waals surface area contributed by atoms with Gasteiger partial charge in [-0.25, -0.2) is 9.37 Å². The molecule has 1 atom stereocenters. The number of rotatable bonds is 5. The van der Waals surface area contributed by atoms with Crippen LogP contribution in [-0.4, -0.2) is 62.3 Å². The summed E-state index contributed by atoms with van der Waals surface area (Å²) < 4.78 is 20.4. The molecule has 0 spiro atoms. The van der Waals surface area contributed by atoms with Crippen molar-refractivity contribution < 1.29 is 13.7 Å². The molecule has 3 N–H and O–H groups in total. The van der Waals surface area contributed by atoms with Crippen molar-refractivity contribution in [1.29, 1.82) is 0 Å². The van der Waals surface area contributed by atoms with Gasteiger partial charge in [-0.05, 0) is 29.7 Å². The molecule has 36 heavy (non-hydrogen) atoms. The number of carbonyl (C=O) groups excluding carboxylic acids is 1. The maximum absolute atomic E-state index is 15.2. The number of nitrogens with zero attached hydrogens (tertiary/aromatic N) is 6. The molecule has 4 aromatic rings. The normalized spacial score (nSPS) is 16.2. The lowest BCUT2D eigenvalue weighted by molar-refractivity contribution is 0.0734. The van der Waals surface area contributed by atoms with Gasteiger partial charge in [0.05, 0.1) is 5.39 Å². The first-order chi connectivity index (χ1) is 17.1. The number of hydrogen-bond donors (Lipinski definition) is 2. The molecule has 4 heterocycles. The molecule has 188 valence electrons. The van der Waals surface area contributed by atoms with Gasteiger partial charge in [-0.15, -0.1) is 0 Å². The van der Waals surface area contributed by atoms with Crippen LogP contribution in [0.2, 0.25) is 0 Å². The van der Waals surface area contributed by atoms with E-state index in [4.69, 9.17) is 10.3 Å². The van der Waals surface area contributed by atoms with E-state index in [0.717, 1.165) is 29.7 Å². The van der Waals surface area contributed by atoms with Crippen LogP contribution in [0.4, 0.5) is 10.2 Å². The van der Waals surface area contributed by atoms with Gasteiger partial charge in [0.25, 0.3) is 0 Å². The van der Waals surface area contributed by atoms with E-state index in [1.165, 1.54) is 11.0 Å². The van der Waals surface area contributed by atoms with Crippen LogP contribution in [-0.2, 0) is 12.0 Å². The maximum atomic E-state index is 15.2. The van der Waals surface area contributed by atoms with E-state index in [1.807, 2.05) is 32.9 Å². The molecule has 3 aromatic heterocycles. The van der Waals surface area contributed by atoms with Crippen molar-refractivity contribution in [3.63, 3.8) is 0 Å². The number of H-pyrrole nitrogens is 1. The molecule has 0 unspecified atom stereocenters. The summed E-state index contributed by atoms with van der Waals surface area (Å²) in [5, 5.41) is 12.2. The second-order valence-electron chi connectivity index (χ2n) is 10.3. The topological polar surface area (TPSA) is 130 Å². The summed E-state index contributed by atoms with van der Waals surface area (Å²) in [4.78, 5) is 24.8. The number of benzene rings is 1. The maximum Gasteiger partial charge on any atom is 0.316 e. The van der Waals surface area contributed by atoms with Gasteiger partial charge in [0.1, 0.15) is 5.82 Å².